The number of nitrogens with zero attached hydrogens (tertiary/aromatic N) is 1. The van der Waals surface area contributed by atoms with Crippen molar-refractivity contribution in [2.45, 2.75) is 13.8 Å². The molecule has 0 radical (unpaired) electrons. The van der Waals surface area contributed by atoms with E-state index in [1.54, 1.807) is 48.5 Å². The first-order valence-corrected chi connectivity index (χ1v) is 12.1. The molecule has 6 nitrogen and oxygen atoms in total. The maximum Gasteiger partial charge on any atom is 0.335 e. The fourth-order valence-electron chi connectivity index (χ4n) is 5.26. The molecule has 188 valence electrons. The number of aromatic carboxylic acids is 2. The van der Waals surface area contributed by atoms with Crippen LogP contribution in [-0.2, 0) is 7.05 Å². The molecule has 0 bridgehead atoms. The second-order valence-electron chi connectivity index (χ2n) is 9.38. The Labute approximate surface area is 219 Å². The maximum absolute atomic E-state index is 12.7. The van der Waals surface area contributed by atoms with Gasteiger partial charge in [-0.05, 0) is 78.1 Å². The molecule has 0 saturated carbocycles. The van der Waals surface area contributed by atoms with E-state index in [4.69, 9.17) is 0 Å². The van der Waals surface area contributed by atoms with Crippen LogP contribution in [-0.4, -0.2) is 22.2 Å². The van der Waals surface area contributed by atoms with Crippen LogP contribution in [0, 0.1) is 13.8 Å². The number of fused-ring (bicyclic) bond motifs is 2. The summed E-state index contributed by atoms with van der Waals surface area (Å²) in [4.78, 5) is 24.5. The van der Waals surface area contributed by atoms with Crippen LogP contribution in [0.2, 0.25) is 0 Å². The van der Waals surface area contributed by atoms with Gasteiger partial charge in [-0.2, -0.15) is 4.57 Å². The van der Waals surface area contributed by atoms with Gasteiger partial charge >= 0.3 is 5.97 Å². The molecule has 6 heteroatoms. The third-order valence-electron chi connectivity index (χ3n) is 6.94. The van der Waals surface area contributed by atoms with Gasteiger partial charge in [0, 0.05) is 23.3 Å². The first kappa shape index (κ1) is 24.7. The van der Waals surface area contributed by atoms with Crippen LogP contribution in [0.5, 0.6) is 5.75 Å². The lowest BCUT2D eigenvalue weighted by Gasteiger charge is -2.19. The lowest BCUT2D eigenvalue weighted by molar-refractivity contribution is -0.617. The Morgan fingerprint density at radius 1 is 0.842 bits per heavy atom. The number of benzene rings is 4. The lowest BCUT2D eigenvalue weighted by Crippen LogP contribution is -2.33. The highest BCUT2D eigenvalue weighted by molar-refractivity contribution is 6.17. The molecular formula is C32H25NO5. The lowest BCUT2D eigenvalue weighted by atomic mass is 9.85. The Balaban J connectivity index is 1.95. The summed E-state index contributed by atoms with van der Waals surface area (Å²) >= 11 is 0. The zero-order valence-electron chi connectivity index (χ0n) is 21.1. The van der Waals surface area contributed by atoms with Gasteiger partial charge in [0.2, 0.25) is 11.0 Å². The van der Waals surface area contributed by atoms with E-state index in [9.17, 15) is 24.9 Å². The van der Waals surface area contributed by atoms with E-state index in [1.165, 1.54) is 0 Å². The van der Waals surface area contributed by atoms with Crippen LogP contribution in [0.25, 0.3) is 45.1 Å². The molecule has 0 atom stereocenters. The number of phenolic OH excluding ortho intramolecular Hbond substituents is 1. The van der Waals surface area contributed by atoms with Gasteiger partial charge in [-0.1, -0.05) is 36.4 Å². The van der Waals surface area contributed by atoms with Crippen LogP contribution in [0.3, 0.4) is 0 Å². The molecule has 1 aromatic heterocycles. The van der Waals surface area contributed by atoms with Crippen molar-refractivity contribution in [1.82, 2.24) is 0 Å². The number of carbonyl (C=O) groups is 2. The highest BCUT2D eigenvalue weighted by Crippen LogP contribution is 2.40. The molecule has 0 amide bonds. The monoisotopic (exact) mass is 503 g/mol. The molecule has 5 rings (SSSR count). The van der Waals surface area contributed by atoms with E-state index in [-0.39, 0.29) is 16.9 Å². The number of hydrogen-bond donors (Lipinski definition) is 2. The molecule has 0 aliphatic heterocycles. The van der Waals surface area contributed by atoms with Crippen LogP contribution in [0.1, 0.15) is 43.0 Å². The smallest absolute Gasteiger partial charge is 0.335 e. The molecule has 0 spiro atoms. The van der Waals surface area contributed by atoms with Crippen molar-refractivity contribution in [2.75, 3.05) is 0 Å². The van der Waals surface area contributed by atoms with Gasteiger partial charge in [0.25, 0.3) is 0 Å². The van der Waals surface area contributed by atoms with Gasteiger partial charge in [-0.15, -0.1) is 0 Å². The minimum atomic E-state index is -1.29. The SMILES string of the molecule is Cc1cc(C(=O)O)cc(C)c1-c1c(C=Cc2ccc(O)cc2)ccc2c1c(C(=O)[O-])c1ccccc1[n+]2C. The quantitative estimate of drug-likeness (QED) is 0.199. The third-order valence-corrected chi connectivity index (χ3v) is 6.94. The normalized spacial score (nSPS) is 11.4. The number of carboxylic acids is 2. The van der Waals surface area contributed by atoms with Crippen molar-refractivity contribution < 1.29 is 29.5 Å². The number of aryl methyl sites for hydroxylation is 3. The summed E-state index contributed by atoms with van der Waals surface area (Å²) in [7, 11) is 1.90. The molecule has 2 N–H and O–H groups in total. The Kier molecular flexibility index (Phi) is 6.17. The van der Waals surface area contributed by atoms with E-state index in [2.05, 4.69) is 0 Å². The van der Waals surface area contributed by atoms with Crippen LogP contribution < -0.4 is 9.67 Å². The van der Waals surface area contributed by atoms with Gasteiger partial charge in [-0.3, -0.25) is 0 Å². The first-order valence-electron chi connectivity index (χ1n) is 12.1. The number of phenols is 1. The van der Waals surface area contributed by atoms with E-state index >= 15 is 0 Å². The fourth-order valence-corrected chi connectivity index (χ4v) is 5.26. The zero-order valence-corrected chi connectivity index (χ0v) is 21.1. The summed E-state index contributed by atoms with van der Waals surface area (Å²) in [6.45, 7) is 3.67. The number of rotatable bonds is 5. The van der Waals surface area contributed by atoms with Gasteiger partial charge in [-0.25, -0.2) is 4.79 Å². The van der Waals surface area contributed by atoms with E-state index in [0.29, 0.717) is 33.0 Å². The second-order valence-corrected chi connectivity index (χ2v) is 9.38. The van der Waals surface area contributed by atoms with E-state index in [0.717, 1.165) is 22.2 Å². The number of para-hydroxylation sites is 1. The molecule has 0 saturated heterocycles. The third kappa shape index (κ3) is 4.16. The molecule has 5 aromatic rings. The van der Waals surface area contributed by atoms with Crippen molar-refractivity contribution >= 4 is 45.9 Å². The number of carbonyl (C=O) groups excluding carboxylic acids is 1. The van der Waals surface area contributed by atoms with Crippen molar-refractivity contribution in [2.24, 2.45) is 7.05 Å². The number of carboxylic acid groups (broad SMARTS) is 2. The summed E-state index contributed by atoms with van der Waals surface area (Å²) in [6, 6.07) is 21.1. The van der Waals surface area contributed by atoms with Gasteiger partial charge in [0.1, 0.15) is 12.8 Å². The molecular weight excluding hydrogens is 478 g/mol. The highest BCUT2D eigenvalue weighted by atomic mass is 16.4. The summed E-state index contributed by atoms with van der Waals surface area (Å²) in [5, 5.41) is 33.0. The fraction of sp³-hybridized carbons (Fsp3) is 0.0938. The Morgan fingerprint density at radius 2 is 1.50 bits per heavy atom. The maximum atomic E-state index is 12.7. The van der Waals surface area contributed by atoms with Gasteiger partial charge < -0.3 is 20.1 Å². The molecule has 4 aromatic carbocycles. The first-order chi connectivity index (χ1) is 18.2. The molecule has 38 heavy (non-hydrogen) atoms. The number of pyridine rings is 1. The molecule has 0 aliphatic carbocycles. The van der Waals surface area contributed by atoms with E-state index < -0.39 is 11.9 Å². The van der Waals surface area contributed by atoms with Crippen molar-refractivity contribution in [1.29, 1.82) is 0 Å². The average Bonchev–Trinajstić information content (AvgIpc) is 2.88. The van der Waals surface area contributed by atoms with Crippen molar-refractivity contribution in [3.05, 3.63) is 106 Å². The Bertz CT molecular complexity index is 1780. The number of hydrogen-bond acceptors (Lipinski definition) is 4. The van der Waals surface area contributed by atoms with E-state index in [1.807, 2.05) is 61.9 Å². The summed E-state index contributed by atoms with van der Waals surface area (Å²) in [6.07, 6.45) is 3.79. The van der Waals surface area contributed by atoms with Gasteiger partial charge in [0.05, 0.1) is 22.3 Å². The molecule has 0 unspecified atom stereocenters. The van der Waals surface area contributed by atoms with Crippen molar-refractivity contribution in [3.63, 3.8) is 0 Å². The highest BCUT2D eigenvalue weighted by Gasteiger charge is 2.25. The van der Waals surface area contributed by atoms with Gasteiger partial charge in [0.15, 0.2) is 0 Å². The molecule has 0 aliphatic rings. The molecule has 0 fully saturated rings. The van der Waals surface area contributed by atoms with Crippen LogP contribution in [0.15, 0.2) is 72.8 Å². The number of aromatic nitrogens is 1. The largest absolute Gasteiger partial charge is 0.545 e. The van der Waals surface area contributed by atoms with Crippen LogP contribution >= 0.6 is 0 Å². The minimum absolute atomic E-state index is 0.0877. The zero-order chi connectivity index (χ0) is 27.1. The topological polar surface area (TPSA) is 102 Å². The second kappa shape index (κ2) is 9.48. The average molecular weight is 504 g/mol. The Morgan fingerprint density at radius 3 is 2.13 bits per heavy atom. The summed E-state index contributed by atoms with van der Waals surface area (Å²) < 4.78 is 1.96. The summed E-state index contributed by atoms with van der Waals surface area (Å²) in [5.41, 5.74) is 6.22. The minimum Gasteiger partial charge on any atom is -0.545 e. The predicted octanol–water partition coefficient (Wildman–Crippen LogP) is 5.04. The Hall–Kier alpha value is -4.97. The standard InChI is InChI=1S/C32H25NO5/c1-18-16-22(31(35)36)17-19(2)27(18)28-21(11-8-20-9-13-23(34)14-10-20)12-15-26-30(28)29(32(37)38)24-6-4-5-7-25(24)33(26)3/h4-17H,1-3H3,(H2-,34,35,36,37,38). The number of aromatic hydroxyl groups is 1. The summed E-state index contributed by atoms with van der Waals surface area (Å²) in [5.74, 6) is -2.15. The van der Waals surface area contributed by atoms with Crippen LogP contribution in [0.4, 0.5) is 0 Å². The molecule has 1 heterocycles. The van der Waals surface area contributed by atoms with Crippen molar-refractivity contribution in [3.8, 4) is 16.9 Å². The predicted molar refractivity (Wildman–Crippen MR) is 146 cm³/mol.